The second-order valence-electron chi connectivity index (χ2n) is 10.5. The Morgan fingerprint density at radius 3 is 2.07 bits per heavy atom. The Labute approximate surface area is 249 Å². The van der Waals surface area contributed by atoms with Gasteiger partial charge in [-0.3, -0.25) is 13.9 Å². The lowest BCUT2D eigenvalue weighted by molar-refractivity contribution is -0.140. The van der Waals surface area contributed by atoms with Crippen LogP contribution in [0.15, 0.2) is 71.6 Å². The largest absolute Gasteiger partial charge is 0.352 e. The normalized spacial score (nSPS) is 12.9. The number of nitrogens with one attached hydrogen (secondary N) is 1. The lowest BCUT2D eigenvalue weighted by Gasteiger charge is -2.34. The highest BCUT2D eigenvalue weighted by Gasteiger charge is 2.34. The monoisotopic (exact) mass is 597 g/mol. The highest BCUT2D eigenvalue weighted by Crippen LogP contribution is 2.27. The van der Waals surface area contributed by atoms with Crippen LogP contribution in [0.1, 0.15) is 55.9 Å². The van der Waals surface area contributed by atoms with Crippen LogP contribution in [0.2, 0.25) is 5.02 Å². The molecule has 0 saturated heterocycles. The second-order valence-corrected chi connectivity index (χ2v) is 12.8. The molecule has 3 aromatic rings. The zero-order chi connectivity index (χ0) is 30.3. The number of aryl methyl sites for hydroxylation is 3. The van der Waals surface area contributed by atoms with E-state index in [0.29, 0.717) is 17.1 Å². The summed E-state index contributed by atoms with van der Waals surface area (Å²) in [6.07, 6.45) is 1.11. The Morgan fingerprint density at radius 1 is 0.878 bits per heavy atom. The summed E-state index contributed by atoms with van der Waals surface area (Å²) < 4.78 is 29.1. The van der Waals surface area contributed by atoms with Crippen molar-refractivity contribution >= 4 is 39.1 Å². The number of hydrogen-bond acceptors (Lipinski definition) is 4. The van der Waals surface area contributed by atoms with Crippen LogP contribution in [0, 0.1) is 20.8 Å². The zero-order valence-electron chi connectivity index (χ0n) is 24.6. The molecule has 0 aliphatic rings. The number of carbonyl (C=O) groups excluding carboxylic acids is 2. The van der Waals surface area contributed by atoms with Gasteiger partial charge in [-0.15, -0.1) is 0 Å². The Morgan fingerprint density at radius 2 is 1.51 bits per heavy atom. The van der Waals surface area contributed by atoms with Gasteiger partial charge in [0.1, 0.15) is 12.6 Å². The first-order chi connectivity index (χ1) is 19.4. The van der Waals surface area contributed by atoms with Gasteiger partial charge in [-0.1, -0.05) is 61.3 Å². The van der Waals surface area contributed by atoms with Crippen LogP contribution in [0.3, 0.4) is 0 Å². The van der Waals surface area contributed by atoms with Crippen LogP contribution >= 0.6 is 11.6 Å². The molecule has 3 rings (SSSR count). The van der Waals surface area contributed by atoms with Crippen LogP contribution in [0.4, 0.5) is 5.69 Å². The number of sulfonamides is 1. The number of anilines is 1. The van der Waals surface area contributed by atoms with E-state index in [0.717, 1.165) is 33.0 Å². The summed E-state index contributed by atoms with van der Waals surface area (Å²) in [6.45, 7) is 11.2. The third kappa shape index (κ3) is 8.11. The smallest absolute Gasteiger partial charge is 0.264 e. The van der Waals surface area contributed by atoms with Crippen molar-refractivity contribution in [3.8, 4) is 0 Å². The molecule has 0 bridgehead atoms. The second kappa shape index (κ2) is 14.0. The SMILES string of the molecule is CC[C@@H](C)NC(=O)[C@@H](CC)N(Cc1ccc(C)cc1)C(=O)CN(c1ccc(C)c(C)c1)S(=O)(=O)c1ccc(Cl)cc1. The fourth-order valence-corrected chi connectivity index (χ4v) is 5.93. The molecule has 1 N–H and O–H groups in total. The van der Waals surface area contributed by atoms with Crippen molar-refractivity contribution < 1.29 is 18.0 Å². The molecular weight excluding hydrogens is 558 g/mol. The topological polar surface area (TPSA) is 86.8 Å². The van der Waals surface area contributed by atoms with Gasteiger partial charge in [0.05, 0.1) is 10.6 Å². The first-order valence-electron chi connectivity index (χ1n) is 13.9. The van der Waals surface area contributed by atoms with E-state index in [9.17, 15) is 18.0 Å². The van der Waals surface area contributed by atoms with Crippen molar-refractivity contribution in [2.45, 2.75) is 77.9 Å². The first-order valence-corrected chi connectivity index (χ1v) is 15.7. The molecule has 220 valence electrons. The van der Waals surface area contributed by atoms with Gasteiger partial charge >= 0.3 is 0 Å². The molecule has 0 heterocycles. The van der Waals surface area contributed by atoms with Gasteiger partial charge in [-0.2, -0.15) is 0 Å². The number of rotatable bonds is 12. The minimum Gasteiger partial charge on any atom is -0.352 e. The Kier molecular flexibility index (Phi) is 11.0. The minimum absolute atomic E-state index is 0.0135. The maximum Gasteiger partial charge on any atom is 0.264 e. The first kappa shape index (κ1) is 32.2. The van der Waals surface area contributed by atoms with E-state index in [1.165, 1.54) is 29.2 Å². The quantitative estimate of drug-likeness (QED) is 0.270. The van der Waals surface area contributed by atoms with E-state index in [1.807, 2.05) is 71.9 Å². The van der Waals surface area contributed by atoms with Crippen molar-refractivity contribution in [1.29, 1.82) is 0 Å². The summed E-state index contributed by atoms with van der Waals surface area (Å²) in [4.78, 5) is 29.0. The van der Waals surface area contributed by atoms with Gasteiger partial charge in [0, 0.05) is 17.6 Å². The molecule has 7 nitrogen and oxygen atoms in total. The maximum atomic E-state index is 14.2. The summed E-state index contributed by atoms with van der Waals surface area (Å²) in [5.74, 6) is -0.743. The van der Waals surface area contributed by atoms with Crippen molar-refractivity contribution in [2.75, 3.05) is 10.8 Å². The predicted octanol–water partition coefficient (Wildman–Crippen LogP) is 6.18. The third-order valence-electron chi connectivity index (χ3n) is 7.32. The van der Waals surface area contributed by atoms with Gasteiger partial charge in [0.2, 0.25) is 11.8 Å². The van der Waals surface area contributed by atoms with Crippen molar-refractivity contribution in [3.05, 3.63) is 94.0 Å². The molecule has 0 spiro atoms. The van der Waals surface area contributed by atoms with Gasteiger partial charge < -0.3 is 10.2 Å². The van der Waals surface area contributed by atoms with Crippen molar-refractivity contribution in [1.82, 2.24) is 10.2 Å². The molecule has 2 atom stereocenters. The fraction of sp³-hybridized carbons (Fsp3) is 0.375. The summed E-state index contributed by atoms with van der Waals surface area (Å²) in [7, 11) is -4.16. The van der Waals surface area contributed by atoms with E-state index in [-0.39, 0.29) is 23.4 Å². The Bertz CT molecular complexity index is 1460. The van der Waals surface area contributed by atoms with Gasteiger partial charge in [-0.05, 0) is 93.6 Å². The number of amides is 2. The molecule has 0 aliphatic carbocycles. The molecule has 3 aromatic carbocycles. The van der Waals surface area contributed by atoms with Crippen LogP contribution in [-0.4, -0.2) is 43.8 Å². The van der Waals surface area contributed by atoms with Crippen LogP contribution in [0.25, 0.3) is 0 Å². The molecule has 9 heteroatoms. The average molecular weight is 598 g/mol. The van der Waals surface area contributed by atoms with Crippen LogP contribution < -0.4 is 9.62 Å². The number of carbonyl (C=O) groups is 2. The molecule has 0 saturated carbocycles. The number of halogens is 1. The molecular formula is C32H40ClN3O4S. The molecule has 0 aromatic heterocycles. The molecule has 41 heavy (non-hydrogen) atoms. The van der Waals surface area contributed by atoms with E-state index in [2.05, 4.69) is 5.32 Å². The highest BCUT2D eigenvalue weighted by molar-refractivity contribution is 7.92. The van der Waals surface area contributed by atoms with Gasteiger partial charge in [0.25, 0.3) is 10.0 Å². The predicted molar refractivity (Wildman–Crippen MR) is 166 cm³/mol. The summed E-state index contributed by atoms with van der Waals surface area (Å²) in [5.41, 5.74) is 4.17. The van der Waals surface area contributed by atoms with E-state index >= 15 is 0 Å². The highest BCUT2D eigenvalue weighted by atomic mass is 35.5. The van der Waals surface area contributed by atoms with E-state index in [4.69, 9.17) is 11.6 Å². The molecule has 0 aliphatic heterocycles. The maximum absolute atomic E-state index is 14.2. The number of hydrogen-bond donors (Lipinski definition) is 1. The lowest BCUT2D eigenvalue weighted by atomic mass is 10.1. The zero-order valence-corrected chi connectivity index (χ0v) is 26.2. The Hall–Kier alpha value is -3.36. The number of benzene rings is 3. The third-order valence-corrected chi connectivity index (χ3v) is 9.36. The fourth-order valence-electron chi connectivity index (χ4n) is 4.39. The van der Waals surface area contributed by atoms with Gasteiger partial charge in [0.15, 0.2) is 0 Å². The molecule has 0 radical (unpaired) electrons. The van der Waals surface area contributed by atoms with E-state index in [1.54, 1.807) is 12.1 Å². The molecule has 2 amide bonds. The van der Waals surface area contributed by atoms with E-state index < -0.39 is 28.5 Å². The average Bonchev–Trinajstić information content (AvgIpc) is 2.94. The van der Waals surface area contributed by atoms with Crippen LogP contribution in [-0.2, 0) is 26.2 Å². The Balaban J connectivity index is 2.08. The van der Waals surface area contributed by atoms with Crippen LogP contribution in [0.5, 0.6) is 0 Å². The molecule has 0 unspecified atom stereocenters. The minimum atomic E-state index is -4.16. The van der Waals surface area contributed by atoms with Crippen molar-refractivity contribution in [2.24, 2.45) is 0 Å². The lowest BCUT2D eigenvalue weighted by Crippen LogP contribution is -2.53. The summed E-state index contributed by atoms with van der Waals surface area (Å²) in [5, 5.41) is 3.40. The van der Waals surface area contributed by atoms with Gasteiger partial charge in [-0.25, -0.2) is 8.42 Å². The molecule has 0 fully saturated rings. The van der Waals surface area contributed by atoms with Crippen molar-refractivity contribution in [3.63, 3.8) is 0 Å². The summed E-state index contributed by atoms with van der Waals surface area (Å²) in [6, 6.07) is 18.0. The number of nitrogens with zero attached hydrogens (tertiary/aromatic N) is 2. The summed E-state index contributed by atoms with van der Waals surface area (Å²) >= 11 is 6.03. The standard InChI is InChI=1S/C32H40ClN3O4S/c1-7-25(6)34-32(38)30(8-2)35(20-26-12-9-22(3)10-13-26)31(37)21-36(28-16-11-23(4)24(5)19-28)41(39,40)29-17-14-27(33)15-18-29/h9-19,25,30H,7-8,20-21H2,1-6H3,(H,34,38)/t25-,30-/m1/s1.